The number of carbonyl (C=O) groups is 1. The number of carbonyl (C=O) groups excluding carboxylic acids is 1. The van der Waals surface area contributed by atoms with Crippen LogP contribution in [0.1, 0.15) is 48.5 Å². The second kappa shape index (κ2) is 12.8. The number of halogens is 2. The summed E-state index contributed by atoms with van der Waals surface area (Å²) in [5, 5.41) is 13.3. The van der Waals surface area contributed by atoms with Gasteiger partial charge in [0.15, 0.2) is 11.7 Å². The van der Waals surface area contributed by atoms with Gasteiger partial charge in [-0.3, -0.25) is 4.79 Å². The number of nitrogens with zero attached hydrogens (tertiary/aromatic N) is 2. The molecule has 0 aliphatic carbocycles. The Hall–Kier alpha value is -1.62. The first kappa shape index (κ1) is 24.4. The van der Waals surface area contributed by atoms with E-state index in [4.69, 9.17) is 4.52 Å². The number of hydrogen-bond donors (Lipinski definition) is 3. The Labute approximate surface area is 191 Å². The summed E-state index contributed by atoms with van der Waals surface area (Å²) in [6, 6.07) is 9.21. The van der Waals surface area contributed by atoms with Crippen molar-refractivity contribution >= 4 is 51.8 Å². The normalized spacial score (nSPS) is 11.1. The molecule has 154 valence electrons. The lowest BCUT2D eigenvalue weighted by molar-refractivity contribution is 0.0954. The fourth-order valence-electron chi connectivity index (χ4n) is 2.26. The second-order valence-corrected chi connectivity index (χ2v) is 7.18. The van der Waals surface area contributed by atoms with Gasteiger partial charge in [0.25, 0.3) is 5.91 Å². The highest BCUT2D eigenvalue weighted by Crippen LogP contribution is 2.14. The summed E-state index contributed by atoms with van der Waals surface area (Å²) in [4.78, 5) is 16.6. The van der Waals surface area contributed by atoms with Crippen molar-refractivity contribution in [3.63, 3.8) is 0 Å². The Morgan fingerprint density at radius 2 is 1.96 bits per heavy atom. The number of amides is 1. The molecule has 0 aliphatic heterocycles. The number of aliphatic imine (C=N–C) groups is 1. The molecule has 0 saturated carbocycles. The lowest BCUT2D eigenvalue weighted by Gasteiger charge is -2.11. The third-order valence-corrected chi connectivity index (χ3v) is 4.19. The van der Waals surface area contributed by atoms with E-state index in [2.05, 4.69) is 55.9 Å². The molecule has 0 aliphatic rings. The lowest BCUT2D eigenvalue weighted by atomic mass is 10.1. The van der Waals surface area contributed by atoms with Gasteiger partial charge in [0.05, 0.1) is 5.69 Å². The monoisotopic (exact) mass is 563 g/mol. The van der Waals surface area contributed by atoms with E-state index in [0.29, 0.717) is 37.1 Å². The van der Waals surface area contributed by atoms with Gasteiger partial charge < -0.3 is 20.5 Å². The Bertz CT molecular complexity index is 779. The average molecular weight is 564 g/mol. The molecule has 3 N–H and O–H groups in total. The molecule has 0 atom stereocenters. The average Bonchev–Trinajstić information content (AvgIpc) is 3.12. The first-order chi connectivity index (χ1) is 13.0. The van der Waals surface area contributed by atoms with E-state index < -0.39 is 0 Å². The lowest BCUT2D eigenvalue weighted by Crippen LogP contribution is -2.41. The molecule has 2 aromatic rings. The van der Waals surface area contributed by atoms with Crippen molar-refractivity contribution in [2.45, 2.75) is 33.2 Å². The smallest absolute Gasteiger partial charge is 0.251 e. The standard InChI is InChI=1S/C19H26BrN5O2.HI/c1-4-21-19(24-12-16-11-17(13(2)3)25-27-16)23-9-8-22-18(26)14-6-5-7-15(20)10-14;/h5-7,10-11,13H,4,8-9,12H2,1-3H3,(H,22,26)(H2,21,23,24);1H. The molecular formula is C19H27BrIN5O2. The fourth-order valence-corrected chi connectivity index (χ4v) is 2.66. The highest BCUT2D eigenvalue weighted by molar-refractivity contribution is 14.0. The number of rotatable bonds is 8. The van der Waals surface area contributed by atoms with Crippen molar-refractivity contribution in [2.75, 3.05) is 19.6 Å². The predicted molar refractivity (Wildman–Crippen MR) is 125 cm³/mol. The maximum atomic E-state index is 12.1. The number of guanidine groups is 1. The molecule has 0 bridgehead atoms. The van der Waals surface area contributed by atoms with E-state index in [9.17, 15) is 4.79 Å². The first-order valence-electron chi connectivity index (χ1n) is 9.01. The van der Waals surface area contributed by atoms with Crippen molar-refractivity contribution in [3.8, 4) is 0 Å². The summed E-state index contributed by atoms with van der Waals surface area (Å²) in [7, 11) is 0. The number of aromatic nitrogens is 1. The van der Waals surface area contributed by atoms with Crippen LogP contribution in [0.25, 0.3) is 0 Å². The van der Waals surface area contributed by atoms with Crippen molar-refractivity contribution in [3.05, 3.63) is 51.8 Å². The number of hydrogen-bond acceptors (Lipinski definition) is 4. The van der Waals surface area contributed by atoms with E-state index in [0.717, 1.165) is 22.5 Å². The van der Waals surface area contributed by atoms with E-state index >= 15 is 0 Å². The topological polar surface area (TPSA) is 91.6 Å². The Morgan fingerprint density at radius 3 is 2.61 bits per heavy atom. The van der Waals surface area contributed by atoms with Gasteiger partial charge in [-0.2, -0.15) is 0 Å². The van der Waals surface area contributed by atoms with Crippen LogP contribution in [0.3, 0.4) is 0 Å². The van der Waals surface area contributed by atoms with Gasteiger partial charge in [-0.25, -0.2) is 4.99 Å². The van der Waals surface area contributed by atoms with Crippen molar-refractivity contribution in [1.29, 1.82) is 0 Å². The number of benzene rings is 1. The van der Waals surface area contributed by atoms with Crippen LogP contribution in [-0.4, -0.2) is 36.7 Å². The van der Waals surface area contributed by atoms with Gasteiger partial charge in [0, 0.05) is 35.7 Å². The third-order valence-electron chi connectivity index (χ3n) is 3.70. The largest absolute Gasteiger partial charge is 0.359 e. The first-order valence-corrected chi connectivity index (χ1v) is 9.80. The van der Waals surface area contributed by atoms with Crippen LogP contribution < -0.4 is 16.0 Å². The molecule has 7 nitrogen and oxygen atoms in total. The minimum atomic E-state index is -0.108. The van der Waals surface area contributed by atoms with E-state index in [1.807, 2.05) is 25.1 Å². The molecule has 9 heteroatoms. The summed E-state index contributed by atoms with van der Waals surface area (Å²) in [6.07, 6.45) is 0. The molecule has 0 spiro atoms. The van der Waals surface area contributed by atoms with Crippen LogP contribution in [0.5, 0.6) is 0 Å². The summed E-state index contributed by atoms with van der Waals surface area (Å²) in [6.45, 7) is 8.31. The quantitative estimate of drug-likeness (QED) is 0.197. The number of nitrogens with one attached hydrogen (secondary N) is 3. The third kappa shape index (κ3) is 8.17. The van der Waals surface area contributed by atoms with Gasteiger partial charge in [0.2, 0.25) is 0 Å². The Morgan fingerprint density at radius 1 is 1.21 bits per heavy atom. The van der Waals surface area contributed by atoms with Gasteiger partial charge in [-0.1, -0.05) is 41.0 Å². The minimum absolute atomic E-state index is 0. The van der Waals surface area contributed by atoms with E-state index in [1.54, 1.807) is 12.1 Å². The van der Waals surface area contributed by atoms with Crippen molar-refractivity contribution < 1.29 is 9.32 Å². The summed E-state index contributed by atoms with van der Waals surface area (Å²) < 4.78 is 6.17. The molecule has 2 rings (SSSR count). The fraction of sp³-hybridized carbons (Fsp3) is 0.421. The SMILES string of the molecule is CCNC(=NCc1cc(C(C)C)no1)NCCNC(=O)c1cccc(Br)c1.I. The van der Waals surface area contributed by atoms with Gasteiger partial charge in [-0.05, 0) is 31.0 Å². The van der Waals surface area contributed by atoms with Gasteiger partial charge in [0.1, 0.15) is 6.54 Å². The van der Waals surface area contributed by atoms with Crippen LogP contribution in [0.2, 0.25) is 0 Å². The summed E-state index contributed by atoms with van der Waals surface area (Å²) in [5.74, 6) is 1.60. The molecule has 1 aromatic carbocycles. The van der Waals surface area contributed by atoms with Gasteiger partial charge >= 0.3 is 0 Å². The molecule has 1 heterocycles. The zero-order chi connectivity index (χ0) is 19.6. The maximum absolute atomic E-state index is 12.1. The molecular weight excluding hydrogens is 537 g/mol. The van der Waals surface area contributed by atoms with Crippen molar-refractivity contribution in [2.24, 2.45) is 4.99 Å². The highest BCUT2D eigenvalue weighted by atomic mass is 127. The van der Waals surface area contributed by atoms with Crippen LogP contribution in [0.15, 0.2) is 44.3 Å². The zero-order valence-corrected chi connectivity index (χ0v) is 20.2. The molecule has 1 aromatic heterocycles. The molecule has 0 radical (unpaired) electrons. The zero-order valence-electron chi connectivity index (χ0n) is 16.3. The van der Waals surface area contributed by atoms with Gasteiger partial charge in [-0.15, -0.1) is 24.0 Å². The Kier molecular flexibility index (Phi) is 11.1. The molecule has 0 unspecified atom stereocenters. The minimum Gasteiger partial charge on any atom is -0.359 e. The highest BCUT2D eigenvalue weighted by Gasteiger charge is 2.08. The van der Waals surface area contributed by atoms with Crippen molar-refractivity contribution in [1.82, 2.24) is 21.1 Å². The molecule has 1 amide bonds. The molecule has 28 heavy (non-hydrogen) atoms. The Balaban J connectivity index is 0.00000392. The molecule has 0 fully saturated rings. The maximum Gasteiger partial charge on any atom is 0.251 e. The van der Waals surface area contributed by atoms with Crippen LogP contribution in [0.4, 0.5) is 0 Å². The van der Waals surface area contributed by atoms with E-state index in [1.165, 1.54) is 0 Å². The summed E-state index contributed by atoms with van der Waals surface area (Å²) in [5.41, 5.74) is 1.55. The second-order valence-electron chi connectivity index (χ2n) is 6.26. The van der Waals surface area contributed by atoms with Crippen LogP contribution >= 0.6 is 39.9 Å². The molecule has 0 saturated heterocycles. The van der Waals surface area contributed by atoms with Crippen LogP contribution in [0, 0.1) is 0 Å². The van der Waals surface area contributed by atoms with E-state index in [-0.39, 0.29) is 29.9 Å². The predicted octanol–water partition coefficient (Wildman–Crippen LogP) is 3.66. The summed E-state index contributed by atoms with van der Waals surface area (Å²) >= 11 is 3.37. The van der Waals surface area contributed by atoms with Crippen LogP contribution in [-0.2, 0) is 6.54 Å².